The SMILES string of the molecule is CCCCCc1cccc(Nc2nc(Nc3ccc(C4CCCCC4)cc3)ncc2C(F)(F)F)c1. The van der Waals surface area contributed by atoms with Crippen LogP contribution in [0.4, 0.5) is 36.3 Å². The summed E-state index contributed by atoms with van der Waals surface area (Å²) >= 11 is 0. The molecule has 0 aliphatic heterocycles. The molecule has 0 radical (unpaired) electrons. The van der Waals surface area contributed by atoms with Crippen molar-refractivity contribution in [3.05, 3.63) is 71.4 Å². The summed E-state index contributed by atoms with van der Waals surface area (Å²) in [7, 11) is 0. The molecule has 7 heteroatoms. The van der Waals surface area contributed by atoms with Gasteiger partial charge in [-0.2, -0.15) is 18.2 Å². The lowest BCUT2D eigenvalue weighted by atomic mass is 9.84. The van der Waals surface area contributed by atoms with Crippen LogP contribution in [0.2, 0.25) is 0 Å². The van der Waals surface area contributed by atoms with Crippen molar-refractivity contribution >= 4 is 23.1 Å². The lowest BCUT2D eigenvalue weighted by molar-refractivity contribution is -0.137. The molecule has 186 valence electrons. The molecular weight excluding hydrogens is 449 g/mol. The Bertz CT molecular complexity index is 1090. The number of anilines is 4. The van der Waals surface area contributed by atoms with Gasteiger partial charge in [0.25, 0.3) is 0 Å². The molecule has 2 N–H and O–H groups in total. The maximum atomic E-state index is 13.7. The second kappa shape index (κ2) is 11.6. The Morgan fingerprint density at radius 2 is 1.69 bits per heavy atom. The van der Waals surface area contributed by atoms with E-state index in [1.54, 1.807) is 6.07 Å². The van der Waals surface area contributed by atoms with E-state index in [0.29, 0.717) is 11.6 Å². The minimum atomic E-state index is -4.57. The second-order valence-electron chi connectivity index (χ2n) is 9.32. The number of unbranched alkanes of at least 4 members (excludes halogenated alkanes) is 2. The first kappa shape index (κ1) is 25.0. The van der Waals surface area contributed by atoms with Crippen LogP contribution in [0.15, 0.2) is 54.7 Å². The Hall–Kier alpha value is -3.09. The molecule has 0 saturated heterocycles. The minimum Gasteiger partial charge on any atom is -0.340 e. The van der Waals surface area contributed by atoms with Gasteiger partial charge in [0, 0.05) is 17.6 Å². The molecule has 1 aliphatic carbocycles. The standard InChI is InChI=1S/C28H33F3N4/c1-2-3-5-9-20-10-8-13-24(18-20)33-26-25(28(29,30)31)19-32-27(35-26)34-23-16-14-22(15-17-23)21-11-6-4-7-12-21/h8,10,13-19,21H,2-7,9,11-12H2,1H3,(H2,32,33,34,35). The van der Waals surface area contributed by atoms with Gasteiger partial charge < -0.3 is 10.6 Å². The Kier molecular flexibility index (Phi) is 8.26. The van der Waals surface area contributed by atoms with E-state index in [4.69, 9.17) is 0 Å². The third-order valence-corrected chi connectivity index (χ3v) is 6.60. The molecule has 4 rings (SSSR count). The van der Waals surface area contributed by atoms with E-state index in [1.165, 1.54) is 37.7 Å². The molecule has 0 amide bonds. The minimum absolute atomic E-state index is 0.116. The van der Waals surface area contributed by atoms with Crippen molar-refractivity contribution in [2.75, 3.05) is 10.6 Å². The molecule has 1 aromatic heterocycles. The highest BCUT2D eigenvalue weighted by atomic mass is 19.4. The van der Waals surface area contributed by atoms with E-state index in [-0.39, 0.29) is 11.8 Å². The van der Waals surface area contributed by atoms with Crippen molar-refractivity contribution in [3.63, 3.8) is 0 Å². The van der Waals surface area contributed by atoms with Crippen molar-refractivity contribution in [2.45, 2.75) is 76.8 Å². The van der Waals surface area contributed by atoms with Gasteiger partial charge in [0.05, 0.1) is 0 Å². The third kappa shape index (κ3) is 6.96. The van der Waals surface area contributed by atoms with Gasteiger partial charge >= 0.3 is 6.18 Å². The normalized spacial score (nSPS) is 14.6. The second-order valence-corrected chi connectivity index (χ2v) is 9.32. The molecule has 2 aromatic carbocycles. The van der Waals surface area contributed by atoms with Gasteiger partial charge in [0.1, 0.15) is 11.4 Å². The van der Waals surface area contributed by atoms with Crippen molar-refractivity contribution in [1.82, 2.24) is 9.97 Å². The molecule has 1 saturated carbocycles. The summed E-state index contributed by atoms with van der Waals surface area (Å²) in [5.74, 6) is 0.443. The number of benzene rings is 2. The van der Waals surface area contributed by atoms with E-state index in [0.717, 1.165) is 43.1 Å². The predicted molar refractivity (Wildman–Crippen MR) is 136 cm³/mol. The first-order chi connectivity index (χ1) is 16.9. The highest BCUT2D eigenvalue weighted by Gasteiger charge is 2.35. The van der Waals surface area contributed by atoms with Gasteiger partial charge in [-0.15, -0.1) is 0 Å². The Balaban J connectivity index is 1.51. The maximum Gasteiger partial charge on any atom is 0.421 e. The van der Waals surface area contributed by atoms with Gasteiger partial charge in [-0.3, -0.25) is 0 Å². The van der Waals surface area contributed by atoms with Gasteiger partial charge in [-0.25, -0.2) is 4.98 Å². The topological polar surface area (TPSA) is 49.8 Å². The number of hydrogen-bond acceptors (Lipinski definition) is 4. The van der Waals surface area contributed by atoms with Crippen LogP contribution in [0.3, 0.4) is 0 Å². The zero-order valence-corrected chi connectivity index (χ0v) is 20.2. The highest BCUT2D eigenvalue weighted by molar-refractivity contribution is 5.63. The van der Waals surface area contributed by atoms with Crippen LogP contribution in [0, 0.1) is 0 Å². The summed E-state index contributed by atoms with van der Waals surface area (Å²) in [6.45, 7) is 2.14. The summed E-state index contributed by atoms with van der Waals surface area (Å²) in [6.07, 6.45) is 6.71. The number of alkyl halides is 3. The first-order valence-corrected chi connectivity index (χ1v) is 12.6. The van der Waals surface area contributed by atoms with Gasteiger partial charge in [-0.05, 0) is 67.0 Å². The Labute approximate surface area is 205 Å². The molecular formula is C28H33F3N4. The van der Waals surface area contributed by atoms with Gasteiger partial charge in [0.15, 0.2) is 0 Å². The third-order valence-electron chi connectivity index (χ3n) is 6.60. The summed E-state index contributed by atoms with van der Waals surface area (Å²) in [6, 6.07) is 15.5. The molecule has 0 atom stereocenters. The molecule has 1 aliphatic rings. The monoisotopic (exact) mass is 482 g/mol. The van der Waals surface area contributed by atoms with Crippen LogP contribution in [-0.2, 0) is 12.6 Å². The van der Waals surface area contributed by atoms with Gasteiger partial charge in [0.2, 0.25) is 5.95 Å². The number of aryl methyl sites for hydroxylation is 1. The van der Waals surface area contributed by atoms with E-state index in [2.05, 4.69) is 39.7 Å². The lowest BCUT2D eigenvalue weighted by Gasteiger charge is -2.22. The van der Waals surface area contributed by atoms with Crippen molar-refractivity contribution in [3.8, 4) is 0 Å². The van der Waals surface area contributed by atoms with E-state index >= 15 is 0 Å². The zero-order chi connectivity index (χ0) is 24.7. The number of nitrogens with one attached hydrogen (secondary N) is 2. The lowest BCUT2D eigenvalue weighted by Crippen LogP contribution is -2.12. The fourth-order valence-corrected chi connectivity index (χ4v) is 4.67. The molecule has 35 heavy (non-hydrogen) atoms. The average molecular weight is 483 g/mol. The van der Waals surface area contributed by atoms with E-state index < -0.39 is 11.7 Å². The van der Waals surface area contributed by atoms with E-state index in [1.807, 2.05) is 30.3 Å². The van der Waals surface area contributed by atoms with Crippen LogP contribution in [0.5, 0.6) is 0 Å². The molecule has 3 aromatic rings. The first-order valence-electron chi connectivity index (χ1n) is 12.6. The van der Waals surface area contributed by atoms with Crippen LogP contribution in [0.1, 0.15) is 80.9 Å². The van der Waals surface area contributed by atoms with Crippen LogP contribution in [-0.4, -0.2) is 9.97 Å². The van der Waals surface area contributed by atoms with Crippen molar-refractivity contribution in [2.24, 2.45) is 0 Å². The van der Waals surface area contributed by atoms with Crippen LogP contribution in [0.25, 0.3) is 0 Å². The largest absolute Gasteiger partial charge is 0.421 e. The fourth-order valence-electron chi connectivity index (χ4n) is 4.67. The van der Waals surface area contributed by atoms with Crippen LogP contribution >= 0.6 is 0 Å². The number of rotatable bonds is 9. The number of hydrogen-bond donors (Lipinski definition) is 2. The number of nitrogens with zero attached hydrogens (tertiary/aromatic N) is 2. The Morgan fingerprint density at radius 1 is 0.914 bits per heavy atom. The maximum absolute atomic E-state index is 13.7. The van der Waals surface area contributed by atoms with Crippen molar-refractivity contribution < 1.29 is 13.2 Å². The number of halogens is 3. The summed E-state index contributed by atoms with van der Waals surface area (Å²) in [4.78, 5) is 8.13. The van der Waals surface area contributed by atoms with Gasteiger partial charge in [-0.1, -0.05) is 63.3 Å². The fraction of sp³-hybridized carbons (Fsp3) is 0.429. The molecule has 1 heterocycles. The molecule has 1 fully saturated rings. The summed E-state index contributed by atoms with van der Waals surface area (Å²) in [5, 5.41) is 5.93. The zero-order valence-electron chi connectivity index (χ0n) is 20.2. The van der Waals surface area contributed by atoms with Crippen molar-refractivity contribution in [1.29, 1.82) is 0 Å². The molecule has 0 spiro atoms. The van der Waals surface area contributed by atoms with Crippen LogP contribution < -0.4 is 10.6 Å². The molecule has 4 nitrogen and oxygen atoms in total. The van der Waals surface area contributed by atoms with E-state index in [9.17, 15) is 13.2 Å². The Morgan fingerprint density at radius 3 is 2.40 bits per heavy atom. The highest BCUT2D eigenvalue weighted by Crippen LogP contribution is 2.36. The summed E-state index contributed by atoms with van der Waals surface area (Å²) < 4.78 is 41.0. The smallest absolute Gasteiger partial charge is 0.340 e. The predicted octanol–water partition coefficient (Wildman–Crippen LogP) is 8.76. The number of aromatic nitrogens is 2. The quantitative estimate of drug-likeness (QED) is 0.299. The summed E-state index contributed by atoms with van der Waals surface area (Å²) in [5.41, 5.74) is 2.82. The molecule has 0 bridgehead atoms. The molecule has 0 unspecified atom stereocenters. The average Bonchev–Trinajstić information content (AvgIpc) is 2.85.